The number of hydrogen-bond donors (Lipinski definition) is 2. The molecular weight excluding hydrogens is 280 g/mol. The summed E-state index contributed by atoms with van der Waals surface area (Å²) < 4.78 is 24.1. The highest BCUT2D eigenvalue weighted by Gasteiger charge is 2.29. The molecule has 0 saturated carbocycles. The van der Waals surface area contributed by atoms with E-state index >= 15 is 0 Å². The van der Waals surface area contributed by atoms with Crippen molar-refractivity contribution in [2.45, 2.75) is 38.5 Å². The van der Waals surface area contributed by atoms with Crippen LogP contribution in [-0.4, -0.2) is 30.7 Å². The lowest BCUT2D eigenvalue weighted by atomic mass is 10.2. The van der Waals surface area contributed by atoms with E-state index in [-0.39, 0.29) is 9.36 Å². The number of amides is 2. The number of urea groups is 1. The number of hydroxylamine groups is 1. The third kappa shape index (κ3) is 3.71. The van der Waals surface area contributed by atoms with Crippen molar-refractivity contribution in [1.29, 1.82) is 0 Å². The van der Waals surface area contributed by atoms with Gasteiger partial charge in [0.15, 0.2) is 0 Å². The van der Waals surface area contributed by atoms with Crippen LogP contribution in [0.25, 0.3) is 0 Å². The summed E-state index contributed by atoms with van der Waals surface area (Å²) in [6, 6.07) is 3.62. The molecule has 0 spiro atoms. The lowest BCUT2D eigenvalue weighted by Gasteiger charge is -2.17. The number of rotatable bonds is 5. The molecule has 0 radical (unpaired) electrons. The Hall–Kier alpha value is -1.60. The summed E-state index contributed by atoms with van der Waals surface area (Å²) in [7, 11) is -4.25. The SMILES string of the molecule is CCCCNC(=O)N(O)S(=O)(=O)c1ccc(C)cc1C. The molecule has 0 atom stereocenters. The topological polar surface area (TPSA) is 86.7 Å². The van der Waals surface area contributed by atoms with Crippen LogP contribution >= 0.6 is 0 Å². The van der Waals surface area contributed by atoms with Gasteiger partial charge in [0, 0.05) is 6.54 Å². The number of nitrogens with zero attached hydrogens (tertiary/aromatic N) is 1. The standard InChI is InChI=1S/C13H20N2O4S/c1-4-5-8-14-13(16)15(17)20(18,19)12-7-6-10(2)9-11(12)3/h6-7,9,17H,4-5,8H2,1-3H3,(H,14,16). The molecule has 0 bridgehead atoms. The van der Waals surface area contributed by atoms with Gasteiger partial charge in [0.2, 0.25) is 0 Å². The van der Waals surface area contributed by atoms with Gasteiger partial charge in [-0.05, 0) is 31.9 Å². The van der Waals surface area contributed by atoms with E-state index in [2.05, 4.69) is 5.32 Å². The fraction of sp³-hybridized carbons (Fsp3) is 0.462. The van der Waals surface area contributed by atoms with Gasteiger partial charge in [-0.25, -0.2) is 4.79 Å². The van der Waals surface area contributed by atoms with Crippen LogP contribution in [0.1, 0.15) is 30.9 Å². The molecule has 0 aliphatic rings. The van der Waals surface area contributed by atoms with E-state index in [1.165, 1.54) is 6.07 Å². The zero-order chi connectivity index (χ0) is 15.3. The van der Waals surface area contributed by atoms with E-state index in [1.807, 2.05) is 13.8 Å². The highest BCUT2D eigenvalue weighted by atomic mass is 32.2. The summed E-state index contributed by atoms with van der Waals surface area (Å²) in [6.45, 7) is 5.70. The van der Waals surface area contributed by atoms with Gasteiger partial charge in [-0.1, -0.05) is 35.5 Å². The van der Waals surface area contributed by atoms with E-state index in [1.54, 1.807) is 19.1 Å². The van der Waals surface area contributed by atoms with Gasteiger partial charge in [0.25, 0.3) is 10.0 Å². The summed E-state index contributed by atoms with van der Waals surface area (Å²) in [5.41, 5.74) is 1.38. The molecule has 112 valence electrons. The Labute approximate surface area is 119 Å². The van der Waals surface area contributed by atoms with Crippen molar-refractivity contribution in [2.75, 3.05) is 6.54 Å². The van der Waals surface area contributed by atoms with Crippen LogP contribution in [0.15, 0.2) is 23.1 Å². The minimum atomic E-state index is -4.25. The molecule has 1 aromatic rings. The van der Waals surface area contributed by atoms with Gasteiger partial charge in [-0.3, -0.25) is 5.21 Å². The van der Waals surface area contributed by atoms with Crippen LogP contribution in [0, 0.1) is 13.8 Å². The highest BCUT2D eigenvalue weighted by Crippen LogP contribution is 2.19. The molecule has 1 rings (SSSR count). The number of hydrogen-bond acceptors (Lipinski definition) is 4. The number of sulfonamides is 1. The van der Waals surface area contributed by atoms with Crippen molar-refractivity contribution < 1.29 is 18.4 Å². The van der Waals surface area contributed by atoms with Gasteiger partial charge < -0.3 is 5.32 Å². The van der Waals surface area contributed by atoms with Crippen molar-refractivity contribution in [3.05, 3.63) is 29.3 Å². The Bertz CT molecular complexity index is 584. The van der Waals surface area contributed by atoms with Crippen molar-refractivity contribution >= 4 is 16.1 Å². The second kappa shape index (κ2) is 6.71. The highest BCUT2D eigenvalue weighted by molar-refractivity contribution is 7.89. The van der Waals surface area contributed by atoms with Gasteiger partial charge >= 0.3 is 6.03 Å². The van der Waals surface area contributed by atoms with Crippen LogP contribution in [0.3, 0.4) is 0 Å². The molecule has 0 aromatic heterocycles. The lowest BCUT2D eigenvalue weighted by molar-refractivity contribution is 0.0408. The Balaban J connectivity index is 2.95. The van der Waals surface area contributed by atoms with E-state index < -0.39 is 16.1 Å². The zero-order valence-corrected chi connectivity index (χ0v) is 12.7. The Morgan fingerprint density at radius 1 is 1.35 bits per heavy atom. The van der Waals surface area contributed by atoms with Crippen LogP contribution in [0.4, 0.5) is 4.79 Å². The van der Waals surface area contributed by atoms with Crippen LogP contribution in [0.2, 0.25) is 0 Å². The van der Waals surface area contributed by atoms with Crippen molar-refractivity contribution in [3.8, 4) is 0 Å². The minimum absolute atomic E-state index is 0.0868. The largest absolute Gasteiger partial charge is 0.356 e. The summed E-state index contributed by atoms with van der Waals surface area (Å²) in [5, 5.41) is 12.0. The van der Waals surface area contributed by atoms with Gasteiger partial charge in [-0.15, -0.1) is 0 Å². The summed E-state index contributed by atoms with van der Waals surface area (Å²) in [4.78, 5) is 11.5. The minimum Gasteiger partial charge on any atom is -0.335 e. The van der Waals surface area contributed by atoms with Crippen molar-refractivity contribution in [2.24, 2.45) is 0 Å². The molecular formula is C13H20N2O4S. The van der Waals surface area contributed by atoms with Crippen LogP contribution in [-0.2, 0) is 10.0 Å². The fourth-order valence-corrected chi connectivity index (χ4v) is 2.91. The molecule has 0 aliphatic carbocycles. The Kier molecular flexibility index (Phi) is 5.52. The molecule has 20 heavy (non-hydrogen) atoms. The third-order valence-electron chi connectivity index (χ3n) is 2.82. The maximum absolute atomic E-state index is 12.2. The maximum atomic E-state index is 12.2. The maximum Gasteiger partial charge on any atom is 0.356 e. The van der Waals surface area contributed by atoms with E-state index in [0.717, 1.165) is 12.0 Å². The number of benzene rings is 1. The van der Waals surface area contributed by atoms with Crippen molar-refractivity contribution in [3.63, 3.8) is 0 Å². The van der Waals surface area contributed by atoms with Crippen LogP contribution < -0.4 is 5.32 Å². The fourth-order valence-electron chi connectivity index (χ4n) is 1.73. The van der Waals surface area contributed by atoms with Crippen molar-refractivity contribution in [1.82, 2.24) is 9.79 Å². The molecule has 0 saturated heterocycles. The summed E-state index contributed by atoms with van der Waals surface area (Å²) in [6.07, 6.45) is 1.57. The Morgan fingerprint density at radius 2 is 2.00 bits per heavy atom. The molecule has 2 N–H and O–H groups in total. The quantitative estimate of drug-likeness (QED) is 0.496. The van der Waals surface area contributed by atoms with E-state index in [9.17, 15) is 18.4 Å². The predicted octanol–water partition coefficient (Wildman–Crippen LogP) is 2.19. The number of nitrogens with one attached hydrogen (secondary N) is 1. The summed E-state index contributed by atoms with van der Waals surface area (Å²) in [5.74, 6) is 0. The molecule has 0 unspecified atom stereocenters. The first-order chi connectivity index (χ1) is 9.30. The first-order valence-corrected chi connectivity index (χ1v) is 7.84. The van der Waals surface area contributed by atoms with E-state index in [0.29, 0.717) is 18.5 Å². The first-order valence-electron chi connectivity index (χ1n) is 6.40. The molecule has 7 heteroatoms. The normalized spacial score (nSPS) is 11.2. The smallest absolute Gasteiger partial charge is 0.335 e. The number of carbonyl (C=O) groups is 1. The number of unbranched alkanes of at least 4 members (excludes halogenated alkanes) is 1. The molecule has 0 aliphatic heterocycles. The molecule has 0 fully saturated rings. The number of carbonyl (C=O) groups excluding carboxylic acids is 1. The third-order valence-corrected chi connectivity index (χ3v) is 4.45. The monoisotopic (exact) mass is 300 g/mol. The molecule has 2 amide bonds. The van der Waals surface area contributed by atoms with E-state index in [4.69, 9.17) is 0 Å². The summed E-state index contributed by atoms with van der Waals surface area (Å²) >= 11 is 0. The second-order valence-electron chi connectivity index (χ2n) is 4.60. The van der Waals surface area contributed by atoms with Gasteiger partial charge in [0.05, 0.1) is 4.90 Å². The molecule has 1 aromatic carbocycles. The average Bonchev–Trinajstić information content (AvgIpc) is 2.37. The van der Waals surface area contributed by atoms with Gasteiger partial charge in [-0.2, -0.15) is 8.42 Å². The molecule has 0 heterocycles. The first kappa shape index (κ1) is 16.5. The number of aryl methyl sites for hydroxylation is 2. The predicted molar refractivity (Wildman–Crippen MR) is 75.0 cm³/mol. The van der Waals surface area contributed by atoms with Gasteiger partial charge in [0.1, 0.15) is 0 Å². The Morgan fingerprint density at radius 3 is 2.55 bits per heavy atom. The molecule has 6 nitrogen and oxygen atoms in total. The second-order valence-corrected chi connectivity index (χ2v) is 6.34. The lowest BCUT2D eigenvalue weighted by Crippen LogP contribution is -2.42. The average molecular weight is 300 g/mol. The van der Waals surface area contributed by atoms with Crippen LogP contribution in [0.5, 0.6) is 0 Å². The zero-order valence-electron chi connectivity index (χ0n) is 11.9.